The van der Waals surface area contributed by atoms with Crippen LogP contribution in [-0.4, -0.2) is 19.3 Å². The summed E-state index contributed by atoms with van der Waals surface area (Å²) in [5.41, 5.74) is 2.71. The van der Waals surface area contributed by atoms with Crippen molar-refractivity contribution in [3.63, 3.8) is 0 Å². The standard InChI is InChI=1S/C32H38N2O3S/c1-31(2,3)23-6-7-24-25(17-33)29(38-28(24)13-23)34-18-19-5-8-26(27(12-19)36-4)37-30(35)32-14-20-9-21(15-32)11-22(10-20)16-32/h5,8,12,18,20-23H,6-7,9-11,13-16H2,1-4H3/t20?,21?,22?,23-,32?/m0/s1. The van der Waals surface area contributed by atoms with E-state index in [1.807, 2.05) is 18.2 Å². The lowest BCUT2D eigenvalue weighted by Gasteiger charge is -2.55. The van der Waals surface area contributed by atoms with Crippen LogP contribution in [0, 0.1) is 45.8 Å². The SMILES string of the molecule is COc1cc(C=Nc2sc3c(c2C#N)CC[C@H](C(C)(C)C)C3)ccc1OC(=O)C12CC3CC(CC(C3)C1)C2. The summed E-state index contributed by atoms with van der Waals surface area (Å²) >= 11 is 1.65. The number of benzene rings is 1. The second-order valence-corrected chi connectivity index (χ2v) is 14.4. The summed E-state index contributed by atoms with van der Waals surface area (Å²) in [6.45, 7) is 6.91. The fourth-order valence-electron chi connectivity index (χ4n) is 8.07. The van der Waals surface area contributed by atoms with E-state index in [2.05, 4.69) is 26.8 Å². The van der Waals surface area contributed by atoms with E-state index in [1.54, 1.807) is 24.7 Å². The first-order chi connectivity index (χ1) is 18.2. The van der Waals surface area contributed by atoms with Gasteiger partial charge in [0.2, 0.25) is 0 Å². The van der Waals surface area contributed by atoms with Gasteiger partial charge < -0.3 is 9.47 Å². The number of methoxy groups -OCH3 is 1. The van der Waals surface area contributed by atoms with E-state index in [0.29, 0.717) is 35.2 Å². The van der Waals surface area contributed by atoms with Crippen LogP contribution in [0.4, 0.5) is 5.00 Å². The Morgan fingerprint density at radius 2 is 1.82 bits per heavy atom. The first-order valence-corrected chi connectivity index (χ1v) is 15.0. The maximum Gasteiger partial charge on any atom is 0.317 e. The number of carbonyl (C=O) groups excluding carboxylic acids is 1. The van der Waals surface area contributed by atoms with Crippen LogP contribution < -0.4 is 9.47 Å². The Morgan fingerprint density at radius 3 is 2.42 bits per heavy atom. The lowest BCUT2D eigenvalue weighted by molar-refractivity contribution is -0.161. The highest BCUT2D eigenvalue weighted by molar-refractivity contribution is 7.16. The van der Waals surface area contributed by atoms with E-state index >= 15 is 0 Å². The summed E-state index contributed by atoms with van der Waals surface area (Å²) in [7, 11) is 1.60. The molecule has 4 saturated carbocycles. The van der Waals surface area contributed by atoms with Gasteiger partial charge in [-0.2, -0.15) is 5.26 Å². The Labute approximate surface area is 230 Å². The molecule has 4 bridgehead atoms. The average Bonchev–Trinajstić information content (AvgIpc) is 3.23. The predicted molar refractivity (Wildman–Crippen MR) is 150 cm³/mol. The van der Waals surface area contributed by atoms with Gasteiger partial charge in [0.05, 0.1) is 18.1 Å². The van der Waals surface area contributed by atoms with Gasteiger partial charge >= 0.3 is 5.97 Å². The molecule has 0 aliphatic heterocycles. The van der Waals surface area contributed by atoms with Gasteiger partial charge in [0.1, 0.15) is 11.1 Å². The molecule has 0 amide bonds. The fourth-order valence-corrected chi connectivity index (χ4v) is 9.29. The van der Waals surface area contributed by atoms with Gasteiger partial charge in [-0.15, -0.1) is 11.3 Å². The maximum atomic E-state index is 13.4. The molecule has 1 atom stereocenters. The van der Waals surface area contributed by atoms with Crippen LogP contribution in [0.5, 0.6) is 11.5 Å². The summed E-state index contributed by atoms with van der Waals surface area (Å²) in [5, 5.41) is 10.7. The van der Waals surface area contributed by atoms with Gasteiger partial charge in [-0.05, 0) is 116 Å². The number of carbonyl (C=O) groups is 1. The van der Waals surface area contributed by atoms with Crippen molar-refractivity contribution in [2.75, 3.05) is 7.11 Å². The number of hydrogen-bond donors (Lipinski definition) is 0. The largest absolute Gasteiger partial charge is 0.493 e. The van der Waals surface area contributed by atoms with Crippen LogP contribution in [0.25, 0.3) is 0 Å². The zero-order chi connectivity index (χ0) is 26.7. The molecule has 0 radical (unpaired) electrons. The van der Waals surface area contributed by atoms with Crippen molar-refractivity contribution in [3.8, 4) is 17.6 Å². The van der Waals surface area contributed by atoms with Crippen LogP contribution in [-0.2, 0) is 17.6 Å². The monoisotopic (exact) mass is 530 g/mol. The van der Waals surface area contributed by atoms with Crippen LogP contribution in [0.2, 0.25) is 0 Å². The number of esters is 1. The fraction of sp³-hybridized carbons (Fsp3) is 0.594. The Balaban J connectivity index is 1.19. The summed E-state index contributed by atoms with van der Waals surface area (Å²) in [4.78, 5) is 19.5. The highest BCUT2D eigenvalue weighted by Crippen LogP contribution is 2.60. The summed E-state index contributed by atoms with van der Waals surface area (Å²) in [6.07, 6.45) is 11.7. The molecule has 5 aliphatic carbocycles. The Morgan fingerprint density at radius 1 is 1.13 bits per heavy atom. The first-order valence-electron chi connectivity index (χ1n) is 14.2. The zero-order valence-corrected chi connectivity index (χ0v) is 23.8. The number of fused-ring (bicyclic) bond motifs is 1. The van der Waals surface area contributed by atoms with Crippen molar-refractivity contribution in [2.45, 2.75) is 78.6 Å². The molecule has 1 heterocycles. The number of ether oxygens (including phenoxy) is 2. The molecule has 7 rings (SSSR count). The number of rotatable bonds is 5. The van der Waals surface area contributed by atoms with Crippen molar-refractivity contribution in [2.24, 2.45) is 39.5 Å². The number of thiophene rings is 1. The molecule has 0 saturated heterocycles. The van der Waals surface area contributed by atoms with Crippen molar-refractivity contribution in [3.05, 3.63) is 39.8 Å². The highest BCUT2D eigenvalue weighted by Gasteiger charge is 2.55. The molecular formula is C32H38N2O3S. The summed E-state index contributed by atoms with van der Waals surface area (Å²) < 4.78 is 11.6. The molecular weight excluding hydrogens is 492 g/mol. The molecule has 4 fully saturated rings. The van der Waals surface area contributed by atoms with Crippen molar-refractivity contribution < 1.29 is 14.3 Å². The third-order valence-electron chi connectivity index (χ3n) is 9.78. The minimum absolute atomic E-state index is 0.0762. The molecule has 1 aromatic carbocycles. The van der Waals surface area contributed by atoms with E-state index in [0.717, 1.165) is 54.7 Å². The van der Waals surface area contributed by atoms with E-state index in [9.17, 15) is 10.1 Å². The number of nitrogens with zero attached hydrogens (tertiary/aromatic N) is 2. The molecule has 0 N–H and O–H groups in total. The molecule has 200 valence electrons. The zero-order valence-electron chi connectivity index (χ0n) is 23.0. The van der Waals surface area contributed by atoms with Crippen molar-refractivity contribution in [1.29, 1.82) is 5.26 Å². The Hall–Kier alpha value is -2.65. The Kier molecular flexibility index (Phi) is 6.42. The van der Waals surface area contributed by atoms with Crippen LogP contribution in [0.3, 0.4) is 0 Å². The molecule has 0 unspecified atom stereocenters. The van der Waals surface area contributed by atoms with Gasteiger partial charge in [-0.25, -0.2) is 4.99 Å². The average molecular weight is 531 g/mol. The molecule has 5 nitrogen and oxygen atoms in total. The smallest absolute Gasteiger partial charge is 0.317 e. The molecule has 1 aromatic heterocycles. The van der Waals surface area contributed by atoms with E-state index < -0.39 is 0 Å². The second-order valence-electron chi connectivity index (χ2n) is 13.4. The van der Waals surface area contributed by atoms with E-state index in [4.69, 9.17) is 14.5 Å². The first kappa shape index (κ1) is 25.6. The van der Waals surface area contributed by atoms with Gasteiger partial charge in [0.15, 0.2) is 11.5 Å². The molecule has 6 heteroatoms. The summed E-state index contributed by atoms with van der Waals surface area (Å²) in [6, 6.07) is 8.00. The van der Waals surface area contributed by atoms with Crippen molar-refractivity contribution in [1.82, 2.24) is 0 Å². The molecule has 0 spiro atoms. The van der Waals surface area contributed by atoms with Gasteiger partial charge in [-0.3, -0.25) is 4.79 Å². The maximum absolute atomic E-state index is 13.4. The molecule has 38 heavy (non-hydrogen) atoms. The van der Waals surface area contributed by atoms with E-state index in [1.165, 1.54) is 29.7 Å². The summed E-state index contributed by atoms with van der Waals surface area (Å²) in [5.74, 6) is 3.62. The topological polar surface area (TPSA) is 71.7 Å². The number of hydrogen-bond acceptors (Lipinski definition) is 6. The lowest BCUT2D eigenvalue weighted by Crippen LogP contribution is -2.51. The highest BCUT2D eigenvalue weighted by atomic mass is 32.1. The quantitative estimate of drug-likeness (QED) is 0.226. The lowest BCUT2D eigenvalue weighted by atomic mass is 9.49. The van der Waals surface area contributed by atoms with Crippen LogP contribution >= 0.6 is 11.3 Å². The van der Waals surface area contributed by atoms with Crippen LogP contribution in [0.1, 0.15) is 87.3 Å². The normalized spacial score (nSPS) is 29.8. The van der Waals surface area contributed by atoms with Gasteiger partial charge in [-0.1, -0.05) is 20.8 Å². The van der Waals surface area contributed by atoms with Crippen molar-refractivity contribution >= 4 is 28.5 Å². The van der Waals surface area contributed by atoms with Crippen LogP contribution in [0.15, 0.2) is 23.2 Å². The van der Waals surface area contributed by atoms with Gasteiger partial charge in [0.25, 0.3) is 0 Å². The van der Waals surface area contributed by atoms with Gasteiger partial charge in [0, 0.05) is 11.1 Å². The van der Waals surface area contributed by atoms with E-state index in [-0.39, 0.29) is 16.8 Å². The third kappa shape index (κ3) is 4.57. The molecule has 2 aromatic rings. The second kappa shape index (κ2) is 9.52. The number of aliphatic imine (C=N–C) groups is 1. The Bertz CT molecular complexity index is 1290. The minimum atomic E-state index is -0.308. The third-order valence-corrected chi connectivity index (χ3v) is 10.9. The minimum Gasteiger partial charge on any atom is -0.493 e. The molecule has 5 aliphatic rings. The predicted octanol–water partition coefficient (Wildman–Crippen LogP) is 7.65. The number of nitriles is 1.